The Hall–Kier alpha value is -1.70. The van der Waals surface area contributed by atoms with Crippen LogP contribution in [0.1, 0.15) is 17.3 Å². The van der Waals surface area contributed by atoms with Gasteiger partial charge in [-0.15, -0.1) is 5.10 Å². The molecule has 0 spiro atoms. The number of aromatic nitrogens is 3. The molecule has 8 heteroatoms. The van der Waals surface area contributed by atoms with E-state index in [0.717, 1.165) is 15.8 Å². The molecular weight excluding hydrogens is 313 g/mol. The standard InChI is InChI=1S/C13H13ClFN5S/c1-7-6-20-13(18-7)21-12(19-20)17-5-11(16)8-2-9(14)4-10(15)3-8/h2-4,6,11H,5,16H2,1H3,(H,17,19). The van der Waals surface area contributed by atoms with Crippen molar-refractivity contribution in [2.45, 2.75) is 13.0 Å². The lowest BCUT2D eigenvalue weighted by Crippen LogP contribution is -2.20. The Kier molecular flexibility index (Phi) is 3.79. The van der Waals surface area contributed by atoms with Crippen LogP contribution in [-0.4, -0.2) is 21.1 Å². The van der Waals surface area contributed by atoms with Gasteiger partial charge in [-0.3, -0.25) is 0 Å². The molecule has 21 heavy (non-hydrogen) atoms. The Morgan fingerprint density at radius 3 is 3.00 bits per heavy atom. The lowest BCUT2D eigenvalue weighted by Gasteiger charge is -2.12. The van der Waals surface area contributed by atoms with Gasteiger partial charge in [0.05, 0.1) is 11.9 Å². The van der Waals surface area contributed by atoms with E-state index in [4.69, 9.17) is 17.3 Å². The first-order valence-corrected chi connectivity index (χ1v) is 7.49. The summed E-state index contributed by atoms with van der Waals surface area (Å²) in [5.74, 6) is -0.392. The van der Waals surface area contributed by atoms with E-state index >= 15 is 0 Å². The van der Waals surface area contributed by atoms with Crippen LogP contribution < -0.4 is 11.1 Å². The molecule has 3 N–H and O–H groups in total. The summed E-state index contributed by atoms with van der Waals surface area (Å²) in [6, 6.07) is 3.92. The molecule has 5 nitrogen and oxygen atoms in total. The maximum absolute atomic E-state index is 13.3. The van der Waals surface area contributed by atoms with Crippen LogP contribution >= 0.6 is 22.9 Å². The van der Waals surface area contributed by atoms with E-state index in [-0.39, 0.29) is 6.04 Å². The Morgan fingerprint density at radius 2 is 2.29 bits per heavy atom. The van der Waals surface area contributed by atoms with Crippen LogP contribution in [0, 0.1) is 12.7 Å². The van der Waals surface area contributed by atoms with Crippen LogP contribution in [0.4, 0.5) is 9.52 Å². The van der Waals surface area contributed by atoms with Gasteiger partial charge in [-0.1, -0.05) is 22.9 Å². The van der Waals surface area contributed by atoms with E-state index in [9.17, 15) is 4.39 Å². The Bertz CT molecular complexity index is 732. The van der Waals surface area contributed by atoms with Crippen LogP contribution in [0.2, 0.25) is 5.02 Å². The predicted octanol–water partition coefficient (Wildman–Crippen LogP) is 3.00. The molecule has 0 amide bonds. The quantitative estimate of drug-likeness (QED) is 0.773. The van der Waals surface area contributed by atoms with Gasteiger partial charge in [-0.2, -0.15) is 0 Å². The number of hydrogen-bond acceptors (Lipinski definition) is 5. The normalized spacial score (nSPS) is 12.8. The second-order valence-corrected chi connectivity index (χ2v) is 6.10. The first kappa shape index (κ1) is 14.2. The molecule has 1 atom stereocenters. The van der Waals surface area contributed by atoms with Crippen LogP contribution in [0.25, 0.3) is 4.96 Å². The van der Waals surface area contributed by atoms with Crippen molar-refractivity contribution >= 4 is 33.0 Å². The first-order chi connectivity index (χ1) is 10.0. The van der Waals surface area contributed by atoms with Gasteiger partial charge in [0, 0.05) is 17.6 Å². The van der Waals surface area contributed by atoms with Gasteiger partial charge in [0.2, 0.25) is 10.1 Å². The number of hydrogen-bond donors (Lipinski definition) is 2. The highest BCUT2D eigenvalue weighted by Gasteiger charge is 2.11. The highest BCUT2D eigenvalue weighted by Crippen LogP contribution is 2.22. The first-order valence-electron chi connectivity index (χ1n) is 6.29. The monoisotopic (exact) mass is 325 g/mol. The van der Waals surface area contributed by atoms with Crippen molar-refractivity contribution in [3.8, 4) is 0 Å². The molecule has 0 aliphatic carbocycles. The highest BCUT2D eigenvalue weighted by molar-refractivity contribution is 7.20. The molecule has 1 aromatic carbocycles. The minimum absolute atomic E-state index is 0.337. The number of anilines is 1. The van der Waals surface area contributed by atoms with Gasteiger partial charge in [0.1, 0.15) is 5.82 Å². The lowest BCUT2D eigenvalue weighted by atomic mass is 10.1. The van der Waals surface area contributed by atoms with Gasteiger partial charge in [0.25, 0.3) is 0 Å². The van der Waals surface area contributed by atoms with Gasteiger partial charge >= 0.3 is 0 Å². The Morgan fingerprint density at radius 1 is 1.48 bits per heavy atom. The summed E-state index contributed by atoms with van der Waals surface area (Å²) in [7, 11) is 0. The third-order valence-corrected chi connectivity index (χ3v) is 4.05. The molecule has 3 rings (SSSR count). The number of aryl methyl sites for hydroxylation is 1. The molecule has 0 saturated carbocycles. The van der Waals surface area contributed by atoms with E-state index in [1.165, 1.54) is 23.5 Å². The Balaban J connectivity index is 1.69. The third-order valence-electron chi connectivity index (χ3n) is 2.95. The van der Waals surface area contributed by atoms with Gasteiger partial charge in [0.15, 0.2) is 0 Å². The maximum Gasteiger partial charge on any atom is 0.214 e. The number of rotatable bonds is 4. The minimum atomic E-state index is -0.392. The summed E-state index contributed by atoms with van der Waals surface area (Å²) in [6.07, 6.45) is 1.85. The van der Waals surface area contributed by atoms with Crippen molar-refractivity contribution in [3.05, 3.63) is 46.5 Å². The van der Waals surface area contributed by atoms with Crippen LogP contribution in [0.15, 0.2) is 24.4 Å². The van der Waals surface area contributed by atoms with Crippen molar-refractivity contribution < 1.29 is 4.39 Å². The Labute approximate surface area is 129 Å². The second kappa shape index (κ2) is 5.59. The fraction of sp³-hybridized carbons (Fsp3) is 0.231. The molecule has 0 aliphatic heterocycles. The van der Waals surface area contributed by atoms with Crippen molar-refractivity contribution in [1.82, 2.24) is 14.6 Å². The largest absolute Gasteiger partial charge is 0.358 e. The van der Waals surface area contributed by atoms with E-state index in [1.54, 1.807) is 10.6 Å². The molecule has 0 saturated heterocycles. The van der Waals surface area contributed by atoms with Gasteiger partial charge < -0.3 is 11.1 Å². The molecule has 2 aromatic heterocycles. The molecular formula is C13H13ClFN5S. The number of halogens is 2. The molecule has 0 fully saturated rings. The summed E-state index contributed by atoms with van der Waals surface area (Å²) < 4.78 is 15.0. The van der Waals surface area contributed by atoms with Gasteiger partial charge in [-0.25, -0.2) is 13.9 Å². The fourth-order valence-electron chi connectivity index (χ4n) is 1.98. The van der Waals surface area contributed by atoms with Crippen molar-refractivity contribution in [2.75, 3.05) is 11.9 Å². The van der Waals surface area contributed by atoms with Crippen molar-refractivity contribution in [2.24, 2.45) is 5.73 Å². The summed E-state index contributed by atoms with van der Waals surface area (Å²) in [5, 5.41) is 8.53. The molecule has 0 aliphatic rings. The maximum atomic E-state index is 13.3. The summed E-state index contributed by atoms with van der Waals surface area (Å²) in [6.45, 7) is 2.34. The number of nitrogens with zero attached hydrogens (tertiary/aromatic N) is 3. The smallest absolute Gasteiger partial charge is 0.214 e. The van der Waals surface area contributed by atoms with E-state index in [0.29, 0.717) is 17.1 Å². The van der Waals surface area contributed by atoms with Gasteiger partial charge in [-0.05, 0) is 30.7 Å². The van der Waals surface area contributed by atoms with E-state index in [1.807, 2.05) is 13.1 Å². The molecule has 2 heterocycles. The number of nitrogens with one attached hydrogen (secondary N) is 1. The van der Waals surface area contributed by atoms with Crippen LogP contribution in [0.5, 0.6) is 0 Å². The fourth-order valence-corrected chi connectivity index (χ4v) is 3.05. The van der Waals surface area contributed by atoms with Crippen molar-refractivity contribution in [3.63, 3.8) is 0 Å². The predicted molar refractivity (Wildman–Crippen MR) is 82.4 cm³/mol. The zero-order chi connectivity index (χ0) is 15.0. The summed E-state index contributed by atoms with van der Waals surface area (Å²) in [5.41, 5.74) is 7.61. The molecule has 110 valence electrons. The average Bonchev–Trinajstić information content (AvgIpc) is 2.91. The summed E-state index contributed by atoms with van der Waals surface area (Å²) >= 11 is 7.26. The number of fused-ring (bicyclic) bond motifs is 1. The number of imidazole rings is 1. The summed E-state index contributed by atoms with van der Waals surface area (Å²) in [4.78, 5) is 5.14. The zero-order valence-electron chi connectivity index (χ0n) is 11.2. The lowest BCUT2D eigenvalue weighted by molar-refractivity contribution is 0.621. The molecule has 1 unspecified atom stereocenters. The topological polar surface area (TPSA) is 68.2 Å². The molecule has 3 aromatic rings. The third kappa shape index (κ3) is 3.15. The second-order valence-electron chi connectivity index (χ2n) is 4.71. The van der Waals surface area contributed by atoms with E-state index < -0.39 is 5.82 Å². The minimum Gasteiger partial charge on any atom is -0.358 e. The molecule has 0 radical (unpaired) electrons. The SMILES string of the molecule is Cc1cn2nc(NCC(N)c3cc(F)cc(Cl)c3)sc2n1. The van der Waals surface area contributed by atoms with E-state index in [2.05, 4.69) is 15.4 Å². The molecule has 0 bridgehead atoms. The van der Waals surface area contributed by atoms with Crippen molar-refractivity contribution in [1.29, 1.82) is 0 Å². The zero-order valence-corrected chi connectivity index (χ0v) is 12.7. The van der Waals surface area contributed by atoms with Crippen LogP contribution in [0.3, 0.4) is 0 Å². The average molecular weight is 326 g/mol. The highest BCUT2D eigenvalue weighted by atomic mass is 35.5. The van der Waals surface area contributed by atoms with Crippen LogP contribution in [-0.2, 0) is 0 Å². The number of nitrogens with two attached hydrogens (primary N) is 1. The number of benzene rings is 1.